The van der Waals surface area contributed by atoms with E-state index in [0.29, 0.717) is 5.56 Å². The van der Waals surface area contributed by atoms with Gasteiger partial charge in [0, 0.05) is 17.6 Å². The number of hydrogen-bond acceptors (Lipinski definition) is 4. The van der Waals surface area contributed by atoms with E-state index in [1.165, 1.54) is 6.33 Å². The van der Waals surface area contributed by atoms with Gasteiger partial charge in [0.2, 0.25) is 0 Å². The molecule has 6 nitrogen and oxygen atoms in total. The number of nitrogens with one attached hydrogen (secondary N) is 1. The molecule has 23 heavy (non-hydrogen) atoms. The minimum atomic E-state index is -0.0110. The maximum atomic E-state index is 12.4. The predicted molar refractivity (Wildman–Crippen MR) is 91.0 cm³/mol. The Morgan fingerprint density at radius 2 is 2.04 bits per heavy atom. The van der Waals surface area contributed by atoms with Crippen molar-refractivity contribution in [2.75, 3.05) is 0 Å². The van der Waals surface area contributed by atoms with E-state index in [1.807, 2.05) is 25.1 Å². The van der Waals surface area contributed by atoms with Gasteiger partial charge in [0.25, 0.3) is 5.91 Å². The van der Waals surface area contributed by atoms with Crippen molar-refractivity contribution in [3.05, 3.63) is 42.0 Å². The Labute approximate surface area is 141 Å². The molecule has 0 radical (unpaired) electrons. The second-order valence-electron chi connectivity index (χ2n) is 5.92. The average Bonchev–Trinajstić information content (AvgIpc) is 3.03. The van der Waals surface area contributed by atoms with Crippen molar-refractivity contribution < 1.29 is 4.79 Å². The van der Waals surface area contributed by atoms with Crippen molar-refractivity contribution in [3.63, 3.8) is 0 Å². The second kappa shape index (κ2) is 7.57. The first kappa shape index (κ1) is 17.4. The van der Waals surface area contributed by atoms with Crippen LogP contribution in [0.4, 0.5) is 0 Å². The zero-order valence-electron chi connectivity index (χ0n) is 13.1. The fourth-order valence-corrected chi connectivity index (χ4v) is 2.91. The van der Waals surface area contributed by atoms with E-state index in [0.717, 1.165) is 36.9 Å². The van der Waals surface area contributed by atoms with Crippen LogP contribution in [0.5, 0.6) is 0 Å². The zero-order chi connectivity index (χ0) is 15.5. The van der Waals surface area contributed by atoms with Crippen LogP contribution in [0.2, 0.25) is 0 Å². The van der Waals surface area contributed by atoms with Gasteiger partial charge in [-0.3, -0.25) is 4.79 Å². The Morgan fingerprint density at radius 3 is 2.65 bits per heavy atom. The molecule has 1 fully saturated rings. The minimum absolute atomic E-state index is 0. The zero-order valence-corrected chi connectivity index (χ0v) is 13.9. The van der Waals surface area contributed by atoms with E-state index < -0.39 is 0 Å². The number of amides is 1. The first-order valence-corrected chi connectivity index (χ1v) is 7.65. The summed E-state index contributed by atoms with van der Waals surface area (Å²) < 4.78 is 1.68. The molecule has 2 aromatic rings. The van der Waals surface area contributed by atoms with Crippen LogP contribution in [0.25, 0.3) is 5.69 Å². The number of nitrogens with two attached hydrogens (primary N) is 1. The molecule has 0 spiro atoms. The summed E-state index contributed by atoms with van der Waals surface area (Å²) in [5.74, 6) is -0.0110. The number of aryl methyl sites for hydroxylation is 1. The Hall–Kier alpha value is -1.92. The number of rotatable bonds is 3. The van der Waals surface area contributed by atoms with Crippen LogP contribution >= 0.6 is 12.4 Å². The van der Waals surface area contributed by atoms with Gasteiger partial charge in [0.15, 0.2) is 0 Å². The molecule has 1 aromatic carbocycles. The number of hydrogen-bond donors (Lipinski definition) is 2. The van der Waals surface area contributed by atoms with Crippen LogP contribution in [0, 0.1) is 6.92 Å². The summed E-state index contributed by atoms with van der Waals surface area (Å²) in [6.07, 6.45) is 7.01. The summed E-state index contributed by atoms with van der Waals surface area (Å²) in [5.41, 5.74) is 8.43. The number of nitrogens with zero attached hydrogens (tertiary/aromatic N) is 3. The van der Waals surface area contributed by atoms with E-state index in [-0.39, 0.29) is 30.4 Å². The largest absolute Gasteiger partial charge is 0.349 e. The van der Waals surface area contributed by atoms with Gasteiger partial charge in [0.05, 0.1) is 5.69 Å². The summed E-state index contributed by atoms with van der Waals surface area (Å²) >= 11 is 0. The van der Waals surface area contributed by atoms with Gasteiger partial charge in [-0.1, -0.05) is 0 Å². The van der Waals surface area contributed by atoms with Crippen molar-refractivity contribution >= 4 is 18.3 Å². The summed E-state index contributed by atoms with van der Waals surface area (Å²) in [6, 6.07) is 6.20. The van der Waals surface area contributed by atoms with E-state index in [2.05, 4.69) is 15.4 Å². The van der Waals surface area contributed by atoms with Gasteiger partial charge in [0.1, 0.15) is 12.7 Å². The van der Waals surface area contributed by atoms with Crippen LogP contribution in [-0.2, 0) is 0 Å². The lowest BCUT2D eigenvalue weighted by molar-refractivity contribution is 0.0925. The third kappa shape index (κ3) is 4.09. The minimum Gasteiger partial charge on any atom is -0.349 e. The summed E-state index contributed by atoms with van der Waals surface area (Å²) in [4.78, 5) is 16.4. The van der Waals surface area contributed by atoms with Gasteiger partial charge >= 0.3 is 0 Å². The molecule has 124 valence electrons. The van der Waals surface area contributed by atoms with Gasteiger partial charge in [-0.25, -0.2) is 9.67 Å². The quantitative estimate of drug-likeness (QED) is 0.898. The predicted octanol–water partition coefficient (Wildman–Crippen LogP) is 2.00. The van der Waals surface area contributed by atoms with E-state index >= 15 is 0 Å². The molecule has 1 aliphatic rings. The van der Waals surface area contributed by atoms with Crippen molar-refractivity contribution in [2.45, 2.75) is 44.7 Å². The molecule has 1 aliphatic carbocycles. The lowest BCUT2D eigenvalue weighted by Gasteiger charge is -2.27. The average molecular weight is 336 g/mol. The van der Waals surface area contributed by atoms with Crippen molar-refractivity contribution in [1.82, 2.24) is 20.1 Å². The highest BCUT2D eigenvalue weighted by Crippen LogP contribution is 2.19. The monoisotopic (exact) mass is 335 g/mol. The molecule has 1 aromatic heterocycles. The number of aromatic nitrogens is 3. The van der Waals surface area contributed by atoms with Gasteiger partial charge in [-0.15, -0.1) is 12.4 Å². The molecule has 1 amide bonds. The third-order valence-corrected chi connectivity index (χ3v) is 4.24. The maximum Gasteiger partial charge on any atom is 0.251 e. The highest BCUT2D eigenvalue weighted by molar-refractivity contribution is 5.96. The van der Waals surface area contributed by atoms with Gasteiger partial charge in [-0.05, 0) is 56.4 Å². The highest BCUT2D eigenvalue weighted by Gasteiger charge is 2.21. The van der Waals surface area contributed by atoms with Gasteiger partial charge < -0.3 is 11.1 Å². The van der Waals surface area contributed by atoms with Crippen molar-refractivity contribution in [1.29, 1.82) is 0 Å². The molecule has 0 saturated heterocycles. The maximum absolute atomic E-state index is 12.4. The molecule has 3 rings (SSSR count). The first-order chi connectivity index (χ1) is 10.6. The second-order valence-corrected chi connectivity index (χ2v) is 5.92. The van der Waals surface area contributed by atoms with Crippen LogP contribution in [0.1, 0.15) is 41.6 Å². The molecular formula is C16H22ClN5O. The topological polar surface area (TPSA) is 85.8 Å². The number of carbonyl (C=O) groups excluding carboxylic acids is 1. The summed E-state index contributed by atoms with van der Waals surface area (Å²) in [6.45, 7) is 1.94. The van der Waals surface area contributed by atoms with Crippen molar-refractivity contribution in [3.8, 4) is 5.69 Å². The lowest BCUT2D eigenvalue weighted by atomic mass is 9.91. The van der Waals surface area contributed by atoms with E-state index in [1.54, 1.807) is 11.0 Å². The first-order valence-electron chi connectivity index (χ1n) is 7.65. The van der Waals surface area contributed by atoms with Crippen LogP contribution in [-0.4, -0.2) is 32.8 Å². The fraction of sp³-hybridized carbons (Fsp3) is 0.438. The molecule has 0 bridgehead atoms. The molecule has 1 heterocycles. The van der Waals surface area contributed by atoms with E-state index in [4.69, 9.17) is 5.73 Å². The van der Waals surface area contributed by atoms with Gasteiger partial charge in [-0.2, -0.15) is 5.10 Å². The number of halogens is 1. The van der Waals surface area contributed by atoms with Crippen LogP contribution < -0.4 is 11.1 Å². The molecule has 7 heteroatoms. The molecular weight excluding hydrogens is 314 g/mol. The number of carbonyl (C=O) groups is 1. The molecule has 1 saturated carbocycles. The summed E-state index contributed by atoms with van der Waals surface area (Å²) in [7, 11) is 0. The molecule has 0 unspecified atom stereocenters. The summed E-state index contributed by atoms with van der Waals surface area (Å²) in [5, 5.41) is 7.22. The van der Waals surface area contributed by atoms with Crippen molar-refractivity contribution in [2.24, 2.45) is 5.73 Å². The SMILES string of the molecule is Cc1cc(-n2cncn2)ccc1C(=O)NC1CCC(N)CC1.Cl. The van der Waals surface area contributed by atoms with E-state index in [9.17, 15) is 4.79 Å². The third-order valence-electron chi connectivity index (χ3n) is 4.24. The Kier molecular flexibility index (Phi) is 5.74. The Morgan fingerprint density at radius 1 is 1.30 bits per heavy atom. The fourth-order valence-electron chi connectivity index (χ4n) is 2.91. The smallest absolute Gasteiger partial charge is 0.251 e. The molecule has 0 aliphatic heterocycles. The van der Waals surface area contributed by atoms with Crippen LogP contribution in [0.3, 0.4) is 0 Å². The molecule has 0 atom stereocenters. The standard InChI is InChI=1S/C16H21N5O.ClH/c1-11-8-14(21-10-18-9-19-21)6-7-15(11)16(22)20-13-4-2-12(17)3-5-13;/h6-10,12-13H,2-5,17H2,1H3,(H,20,22);1H. The normalized spacial score (nSPS) is 20.6. The highest BCUT2D eigenvalue weighted by atomic mass is 35.5. The Balaban J connectivity index is 0.00000192. The Bertz CT molecular complexity index is 650. The lowest BCUT2D eigenvalue weighted by Crippen LogP contribution is -2.40. The number of benzene rings is 1. The molecule has 3 N–H and O–H groups in total. The van der Waals surface area contributed by atoms with Crippen LogP contribution in [0.15, 0.2) is 30.9 Å².